The van der Waals surface area contributed by atoms with Gasteiger partial charge in [-0.25, -0.2) is 0 Å². The lowest BCUT2D eigenvalue weighted by molar-refractivity contribution is -0.107. The average Bonchev–Trinajstić information content (AvgIpc) is 1.69. The molecule has 0 N–H and O–H groups in total. The SMILES string of the molecule is N#CSCCC=O. The van der Waals surface area contributed by atoms with Crippen molar-refractivity contribution in [2.24, 2.45) is 0 Å². The Morgan fingerprint density at radius 3 is 3.00 bits per heavy atom. The van der Waals surface area contributed by atoms with Crippen molar-refractivity contribution in [1.82, 2.24) is 0 Å². The van der Waals surface area contributed by atoms with Crippen LogP contribution in [0.15, 0.2) is 0 Å². The number of hydrogen-bond donors (Lipinski definition) is 0. The predicted molar refractivity (Wildman–Crippen MR) is 28.8 cm³/mol. The van der Waals surface area contributed by atoms with Gasteiger partial charge in [-0.05, 0) is 11.8 Å². The summed E-state index contributed by atoms with van der Waals surface area (Å²) in [5.74, 6) is 0.625. The lowest BCUT2D eigenvalue weighted by Gasteiger charge is -1.76. The van der Waals surface area contributed by atoms with Crippen LogP contribution in [0.2, 0.25) is 0 Å². The zero-order valence-electron chi connectivity index (χ0n) is 3.76. The molecule has 0 atom stereocenters. The maximum atomic E-state index is 9.56. The van der Waals surface area contributed by atoms with Gasteiger partial charge in [0.05, 0.1) is 0 Å². The molecule has 0 aromatic heterocycles. The summed E-state index contributed by atoms with van der Waals surface area (Å²) in [6, 6.07) is 0. The Bertz CT molecular complexity index is 86.2. The molecule has 0 saturated carbocycles. The average molecular weight is 115 g/mol. The summed E-state index contributed by atoms with van der Waals surface area (Å²) in [6.45, 7) is 0. The topological polar surface area (TPSA) is 40.9 Å². The second-order valence-corrected chi connectivity index (χ2v) is 1.77. The minimum Gasteiger partial charge on any atom is -0.303 e. The van der Waals surface area contributed by atoms with Crippen LogP contribution in [-0.4, -0.2) is 12.0 Å². The normalized spacial score (nSPS) is 7.29. The van der Waals surface area contributed by atoms with E-state index < -0.39 is 0 Å². The lowest BCUT2D eigenvalue weighted by Crippen LogP contribution is -1.75. The fraction of sp³-hybridized carbons (Fsp3) is 0.500. The van der Waals surface area contributed by atoms with E-state index in [1.165, 1.54) is 0 Å². The molecule has 0 aliphatic carbocycles. The van der Waals surface area contributed by atoms with Gasteiger partial charge in [0, 0.05) is 12.2 Å². The van der Waals surface area contributed by atoms with Crippen molar-refractivity contribution in [3.63, 3.8) is 0 Å². The quantitative estimate of drug-likeness (QED) is 0.310. The van der Waals surface area contributed by atoms with E-state index in [4.69, 9.17) is 5.26 Å². The summed E-state index contributed by atoms with van der Waals surface area (Å²) in [4.78, 5) is 9.56. The van der Waals surface area contributed by atoms with Crippen LogP contribution in [0.4, 0.5) is 0 Å². The van der Waals surface area contributed by atoms with Crippen molar-refractivity contribution < 1.29 is 4.79 Å². The zero-order chi connectivity index (χ0) is 5.54. The highest BCUT2D eigenvalue weighted by atomic mass is 32.2. The van der Waals surface area contributed by atoms with E-state index in [9.17, 15) is 4.79 Å². The Labute approximate surface area is 46.5 Å². The Balaban J connectivity index is 2.72. The van der Waals surface area contributed by atoms with Crippen molar-refractivity contribution in [2.45, 2.75) is 6.42 Å². The second-order valence-electron chi connectivity index (χ2n) is 0.895. The zero-order valence-corrected chi connectivity index (χ0v) is 4.57. The van der Waals surface area contributed by atoms with E-state index in [2.05, 4.69) is 0 Å². The molecule has 38 valence electrons. The second kappa shape index (κ2) is 5.51. The van der Waals surface area contributed by atoms with Gasteiger partial charge in [-0.1, -0.05) is 0 Å². The summed E-state index contributed by atoms with van der Waals surface area (Å²) < 4.78 is 0. The first-order chi connectivity index (χ1) is 3.41. The van der Waals surface area contributed by atoms with Crippen LogP contribution < -0.4 is 0 Å². The standard InChI is InChI=1S/C4H5NOS/c5-4-7-3-1-2-6/h2H,1,3H2. The van der Waals surface area contributed by atoms with Gasteiger partial charge in [0.2, 0.25) is 0 Å². The summed E-state index contributed by atoms with van der Waals surface area (Å²) >= 11 is 1.11. The van der Waals surface area contributed by atoms with Crippen LogP contribution >= 0.6 is 11.8 Å². The van der Waals surface area contributed by atoms with Crippen molar-refractivity contribution in [1.29, 1.82) is 5.26 Å². The van der Waals surface area contributed by atoms with Gasteiger partial charge in [-0.2, -0.15) is 5.26 Å². The third kappa shape index (κ3) is 5.51. The summed E-state index contributed by atoms with van der Waals surface area (Å²) in [6.07, 6.45) is 1.29. The molecule has 3 heteroatoms. The molecular formula is C4H5NOS. The van der Waals surface area contributed by atoms with Gasteiger partial charge in [0.25, 0.3) is 0 Å². The maximum absolute atomic E-state index is 9.56. The molecule has 0 aromatic carbocycles. The molecule has 0 unspecified atom stereocenters. The first-order valence-electron chi connectivity index (χ1n) is 1.86. The predicted octanol–water partition coefficient (Wildman–Crippen LogP) is 0.790. The van der Waals surface area contributed by atoms with E-state index in [0.29, 0.717) is 12.2 Å². The van der Waals surface area contributed by atoms with Crippen molar-refractivity contribution in [2.75, 3.05) is 5.75 Å². The third-order valence-electron chi connectivity index (χ3n) is 0.402. The molecule has 0 amide bonds. The molecule has 0 aliphatic heterocycles. The molecule has 0 rings (SSSR count). The minimum absolute atomic E-state index is 0.484. The highest BCUT2D eigenvalue weighted by Crippen LogP contribution is 1.94. The number of hydrogen-bond acceptors (Lipinski definition) is 3. The van der Waals surface area contributed by atoms with E-state index in [0.717, 1.165) is 18.0 Å². The maximum Gasteiger partial charge on any atom is 0.133 e. The van der Waals surface area contributed by atoms with E-state index in [-0.39, 0.29) is 0 Å². The lowest BCUT2D eigenvalue weighted by atomic mass is 10.6. The molecule has 0 saturated heterocycles. The third-order valence-corrected chi connectivity index (χ3v) is 0.971. The molecule has 0 fully saturated rings. The molecule has 2 nitrogen and oxygen atoms in total. The first-order valence-corrected chi connectivity index (χ1v) is 2.85. The van der Waals surface area contributed by atoms with Crippen molar-refractivity contribution >= 4 is 18.0 Å². The molecule has 0 spiro atoms. The molecule has 0 heterocycles. The van der Waals surface area contributed by atoms with Crippen LogP contribution in [0.5, 0.6) is 0 Å². The van der Waals surface area contributed by atoms with Crippen LogP contribution in [0, 0.1) is 10.7 Å². The van der Waals surface area contributed by atoms with Gasteiger partial charge in [-0.3, -0.25) is 0 Å². The van der Waals surface area contributed by atoms with Crippen LogP contribution in [0.25, 0.3) is 0 Å². The number of aldehydes is 1. The number of nitrogens with zero attached hydrogens (tertiary/aromatic N) is 1. The van der Waals surface area contributed by atoms with Crippen molar-refractivity contribution in [3.05, 3.63) is 0 Å². The minimum atomic E-state index is 0.484. The van der Waals surface area contributed by atoms with Gasteiger partial charge in [0.1, 0.15) is 11.7 Å². The molecule has 0 bridgehead atoms. The van der Waals surface area contributed by atoms with E-state index >= 15 is 0 Å². The van der Waals surface area contributed by atoms with Gasteiger partial charge in [-0.15, -0.1) is 0 Å². The summed E-state index contributed by atoms with van der Waals surface area (Å²) in [7, 11) is 0. The monoisotopic (exact) mass is 115 g/mol. The largest absolute Gasteiger partial charge is 0.303 e. The van der Waals surface area contributed by atoms with Crippen LogP contribution in [0.3, 0.4) is 0 Å². The Morgan fingerprint density at radius 1 is 1.86 bits per heavy atom. The number of carbonyl (C=O) groups is 1. The number of thioether (sulfide) groups is 1. The Hall–Kier alpha value is -0.490. The molecular weight excluding hydrogens is 110 g/mol. The number of nitriles is 1. The molecule has 0 aliphatic rings. The summed E-state index contributed by atoms with van der Waals surface area (Å²) in [5, 5.41) is 9.75. The van der Waals surface area contributed by atoms with Gasteiger partial charge >= 0.3 is 0 Å². The fourth-order valence-electron chi connectivity index (χ4n) is 0.153. The van der Waals surface area contributed by atoms with E-state index in [1.807, 2.05) is 5.40 Å². The highest BCUT2D eigenvalue weighted by Gasteiger charge is 1.80. The Morgan fingerprint density at radius 2 is 2.57 bits per heavy atom. The Kier molecular flexibility index (Phi) is 5.12. The number of thiocyanates is 1. The fourth-order valence-corrected chi connectivity index (χ4v) is 0.458. The van der Waals surface area contributed by atoms with E-state index in [1.54, 1.807) is 0 Å². The molecule has 7 heavy (non-hydrogen) atoms. The smallest absolute Gasteiger partial charge is 0.133 e. The van der Waals surface area contributed by atoms with Crippen LogP contribution in [-0.2, 0) is 4.79 Å². The first kappa shape index (κ1) is 6.51. The summed E-state index contributed by atoms with van der Waals surface area (Å²) in [5.41, 5.74) is 0. The number of rotatable bonds is 3. The van der Waals surface area contributed by atoms with Crippen LogP contribution in [0.1, 0.15) is 6.42 Å². The molecule has 0 radical (unpaired) electrons. The highest BCUT2D eigenvalue weighted by molar-refractivity contribution is 8.03. The van der Waals surface area contributed by atoms with Crippen molar-refractivity contribution in [3.8, 4) is 5.40 Å². The van der Waals surface area contributed by atoms with Gasteiger partial charge in [0.15, 0.2) is 0 Å². The van der Waals surface area contributed by atoms with Gasteiger partial charge < -0.3 is 4.79 Å². The number of carbonyl (C=O) groups excluding carboxylic acids is 1. The molecule has 0 aromatic rings.